The number of aliphatic hydroxyl groups excluding tert-OH is 2. The van der Waals surface area contributed by atoms with Gasteiger partial charge in [-0.25, -0.2) is 19.2 Å². The first kappa shape index (κ1) is 31.2. The fourth-order valence-electron chi connectivity index (χ4n) is 6.98. The second-order valence-electron chi connectivity index (χ2n) is 11.4. The van der Waals surface area contributed by atoms with Gasteiger partial charge in [0.05, 0.1) is 24.5 Å². The molecular formula is C29H32O15. The maximum atomic E-state index is 13.0. The van der Waals surface area contributed by atoms with Crippen LogP contribution in [0.15, 0.2) is 24.0 Å². The van der Waals surface area contributed by atoms with Crippen molar-refractivity contribution in [1.29, 1.82) is 0 Å². The lowest BCUT2D eigenvalue weighted by Gasteiger charge is -2.59. The molecule has 3 aliphatic carbocycles. The van der Waals surface area contributed by atoms with E-state index in [0.717, 1.165) is 30.9 Å². The minimum atomic E-state index is -2.53. The highest BCUT2D eigenvalue weighted by molar-refractivity contribution is 5.88. The van der Waals surface area contributed by atoms with E-state index in [0.29, 0.717) is 24.3 Å². The molecule has 4 aliphatic rings. The lowest BCUT2D eigenvalue weighted by atomic mass is 9.47. The Kier molecular flexibility index (Phi) is 8.07. The third-order valence-corrected chi connectivity index (χ3v) is 8.99. The van der Waals surface area contributed by atoms with Gasteiger partial charge < -0.3 is 49.2 Å². The summed E-state index contributed by atoms with van der Waals surface area (Å²) in [5.41, 5.74) is -0.383. The van der Waals surface area contributed by atoms with E-state index >= 15 is 0 Å². The summed E-state index contributed by atoms with van der Waals surface area (Å²) in [5, 5.41) is 50.7. The molecule has 1 spiro atoms. The Hall–Kier alpha value is -4.21. The van der Waals surface area contributed by atoms with Crippen LogP contribution in [0.2, 0.25) is 0 Å². The van der Waals surface area contributed by atoms with E-state index in [-0.39, 0.29) is 18.1 Å². The van der Waals surface area contributed by atoms with Gasteiger partial charge in [0.2, 0.25) is 6.10 Å². The molecule has 0 amide bonds. The fourth-order valence-corrected chi connectivity index (χ4v) is 6.98. The summed E-state index contributed by atoms with van der Waals surface area (Å²) in [6, 6.07) is 3.71. The van der Waals surface area contributed by atoms with Crippen molar-refractivity contribution in [1.82, 2.24) is 0 Å². The van der Waals surface area contributed by atoms with Gasteiger partial charge >= 0.3 is 29.8 Å². The Morgan fingerprint density at radius 3 is 2.41 bits per heavy atom. The van der Waals surface area contributed by atoms with Crippen LogP contribution in [-0.4, -0.2) is 98.6 Å². The van der Waals surface area contributed by atoms with E-state index in [1.54, 1.807) is 6.07 Å². The number of hydrogen-bond acceptors (Lipinski definition) is 13. The van der Waals surface area contributed by atoms with Crippen molar-refractivity contribution in [3.63, 3.8) is 0 Å². The topological polar surface area (TPSA) is 233 Å². The molecule has 1 heterocycles. The number of carbonyl (C=O) groups excluding carboxylic acids is 3. The van der Waals surface area contributed by atoms with Gasteiger partial charge in [0.15, 0.2) is 35.9 Å². The molecule has 1 aliphatic heterocycles. The molecule has 2 bridgehead atoms. The zero-order valence-corrected chi connectivity index (χ0v) is 23.8. The second-order valence-corrected chi connectivity index (χ2v) is 11.4. The molecule has 15 heteroatoms. The third-order valence-electron chi connectivity index (χ3n) is 8.99. The Morgan fingerprint density at radius 1 is 1.05 bits per heavy atom. The molecule has 1 saturated carbocycles. The largest absolute Gasteiger partial charge is 0.493 e. The van der Waals surface area contributed by atoms with Gasteiger partial charge in [-0.3, -0.25) is 4.79 Å². The number of benzene rings is 1. The van der Waals surface area contributed by atoms with Crippen LogP contribution < -0.4 is 9.47 Å². The molecule has 238 valence electrons. The summed E-state index contributed by atoms with van der Waals surface area (Å²) in [5.74, 6) is -7.09. The van der Waals surface area contributed by atoms with Crippen molar-refractivity contribution in [3.05, 3.63) is 35.1 Å². The summed E-state index contributed by atoms with van der Waals surface area (Å²) in [7, 11) is 1.48. The number of carboxylic acid groups (broad SMARTS) is 2. The zero-order chi connectivity index (χ0) is 32.1. The molecule has 44 heavy (non-hydrogen) atoms. The van der Waals surface area contributed by atoms with E-state index in [2.05, 4.69) is 4.74 Å². The monoisotopic (exact) mass is 620 g/mol. The van der Waals surface area contributed by atoms with Gasteiger partial charge in [-0.1, -0.05) is 12.5 Å². The van der Waals surface area contributed by atoms with Gasteiger partial charge in [-0.2, -0.15) is 0 Å². The van der Waals surface area contributed by atoms with Crippen LogP contribution >= 0.6 is 0 Å². The van der Waals surface area contributed by atoms with E-state index in [1.807, 2.05) is 6.07 Å². The number of ether oxygens (including phenoxy) is 5. The lowest BCUT2D eigenvalue weighted by molar-refractivity contribution is -0.185. The van der Waals surface area contributed by atoms with Gasteiger partial charge in [0, 0.05) is 5.56 Å². The molecule has 1 aromatic carbocycles. The Labute approximate surface area is 249 Å². The number of rotatable bonds is 11. The molecule has 15 nitrogen and oxygen atoms in total. The van der Waals surface area contributed by atoms with Crippen molar-refractivity contribution in [3.8, 4) is 11.5 Å². The minimum Gasteiger partial charge on any atom is -0.493 e. The summed E-state index contributed by atoms with van der Waals surface area (Å²) >= 11 is 0. The lowest BCUT2D eigenvalue weighted by Crippen LogP contribution is -2.67. The quantitative estimate of drug-likeness (QED) is 0.158. The molecule has 0 radical (unpaired) electrons. The molecule has 5 N–H and O–H groups in total. The molecule has 0 aromatic heterocycles. The summed E-state index contributed by atoms with van der Waals surface area (Å²) in [4.78, 5) is 59.4. The highest BCUT2D eigenvalue weighted by Crippen LogP contribution is 2.67. The highest BCUT2D eigenvalue weighted by atomic mass is 16.6. The predicted molar refractivity (Wildman–Crippen MR) is 141 cm³/mol. The summed E-state index contributed by atoms with van der Waals surface area (Å²) in [6.07, 6.45) is -6.62. The number of esters is 3. The number of aliphatic carboxylic acids is 2. The number of hydrogen-bond donors (Lipinski definition) is 5. The summed E-state index contributed by atoms with van der Waals surface area (Å²) < 4.78 is 26.5. The number of aliphatic hydroxyl groups is 3. The van der Waals surface area contributed by atoms with Crippen LogP contribution in [0, 0.1) is 5.92 Å². The molecule has 5 rings (SSSR count). The maximum absolute atomic E-state index is 13.0. The van der Waals surface area contributed by atoms with Crippen molar-refractivity contribution in [2.45, 2.75) is 87.0 Å². The first-order valence-corrected chi connectivity index (χ1v) is 14.0. The standard InChI is InChI=1S/C29H32O15/c1-12(25(36)43-17(24(34)35)11-18(30)31)41-26(37)20(32)21(33)27(38)42-16-7-9-29(39)14-4-3-8-28(29)19-13(10-14)5-6-15(40-2)22(19)44-23(16)28/h5-7,12,14,17,20-21,23,32-33,39H,3-4,8-11H2,1-2H3,(H,30,31)(H,34,35)/t12-,14-,17+,20+,21+,23+,28+,29-/m0/s1. The second kappa shape index (κ2) is 11.4. The van der Waals surface area contributed by atoms with Crippen LogP contribution in [0.3, 0.4) is 0 Å². The average Bonchev–Trinajstić information content (AvgIpc) is 3.32. The fraction of sp³-hybridized carbons (Fsp3) is 0.552. The number of carbonyl (C=O) groups is 5. The van der Waals surface area contributed by atoms with Crippen LogP contribution in [0.5, 0.6) is 11.5 Å². The maximum Gasteiger partial charge on any atom is 0.348 e. The Balaban J connectivity index is 1.29. The first-order valence-electron chi connectivity index (χ1n) is 14.0. The zero-order valence-electron chi connectivity index (χ0n) is 23.8. The molecule has 1 aromatic rings. The van der Waals surface area contributed by atoms with Crippen LogP contribution in [0.4, 0.5) is 0 Å². The molecule has 0 unspecified atom stereocenters. The predicted octanol–water partition coefficient (Wildman–Crippen LogP) is -0.263. The molecule has 0 saturated heterocycles. The smallest absolute Gasteiger partial charge is 0.348 e. The number of methoxy groups -OCH3 is 1. The van der Waals surface area contributed by atoms with E-state index in [4.69, 9.17) is 29.2 Å². The van der Waals surface area contributed by atoms with E-state index in [9.17, 15) is 39.3 Å². The van der Waals surface area contributed by atoms with E-state index < -0.39 is 77.8 Å². The Morgan fingerprint density at radius 2 is 1.75 bits per heavy atom. The van der Waals surface area contributed by atoms with Gasteiger partial charge in [0.1, 0.15) is 5.76 Å². The van der Waals surface area contributed by atoms with Gasteiger partial charge in [0.25, 0.3) is 0 Å². The van der Waals surface area contributed by atoms with Crippen molar-refractivity contribution >= 4 is 29.8 Å². The summed E-state index contributed by atoms with van der Waals surface area (Å²) in [6.45, 7) is 0.948. The SMILES string of the molecule is COc1ccc2c3c1O[C@@H]1C(OC(=O)[C@H](O)[C@@H](O)C(=O)O[C@@H](C)C(=O)O[C@H](CC(=O)O)C(=O)O)=CC[C@]4(O)[C@@H](CCC[C@@]314)C2. The van der Waals surface area contributed by atoms with E-state index in [1.165, 1.54) is 13.2 Å². The number of carboxylic acids is 2. The molecule has 1 fully saturated rings. The normalized spacial score (nSPS) is 28.5. The van der Waals surface area contributed by atoms with Crippen LogP contribution in [-0.2, 0) is 50.0 Å². The van der Waals surface area contributed by atoms with Crippen molar-refractivity contribution < 1.29 is 73.2 Å². The third kappa shape index (κ3) is 4.84. The van der Waals surface area contributed by atoms with Gasteiger partial charge in [-0.05, 0) is 56.2 Å². The average molecular weight is 621 g/mol. The van der Waals surface area contributed by atoms with Gasteiger partial charge in [-0.15, -0.1) is 0 Å². The van der Waals surface area contributed by atoms with Crippen LogP contribution in [0.1, 0.15) is 50.2 Å². The molecule has 8 atom stereocenters. The van der Waals surface area contributed by atoms with Crippen molar-refractivity contribution in [2.75, 3.05) is 7.11 Å². The highest BCUT2D eigenvalue weighted by Gasteiger charge is 2.71. The Bertz CT molecular complexity index is 1430. The molecular weight excluding hydrogens is 588 g/mol. The van der Waals surface area contributed by atoms with Crippen LogP contribution in [0.25, 0.3) is 0 Å². The minimum absolute atomic E-state index is 0.0267. The van der Waals surface area contributed by atoms with Crippen molar-refractivity contribution in [2.24, 2.45) is 5.92 Å². The first-order chi connectivity index (χ1) is 20.7.